The maximum atomic E-state index is 13.8. The fraction of sp³-hybridized carbons (Fsp3) is 0.294. The van der Waals surface area contributed by atoms with Gasteiger partial charge in [-0.15, -0.1) is 24.8 Å². The van der Waals surface area contributed by atoms with Gasteiger partial charge in [-0.1, -0.05) is 12.1 Å². The van der Waals surface area contributed by atoms with Crippen LogP contribution >= 0.6 is 24.8 Å². The van der Waals surface area contributed by atoms with Crippen LogP contribution in [0.25, 0.3) is 0 Å². The van der Waals surface area contributed by atoms with Crippen molar-refractivity contribution in [2.75, 3.05) is 18.4 Å². The van der Waals surface area contributed by atoms with Crippen LogP contribution in [0.5, 0.6) is 0 Å². The number of rotatable bonds is 4. The van der Waals surface area contributed by atoms with E-state index in [1.54, 1.807) is 36.5 Å². The van der Waals surface area contributed by atoms with Crippen LogP contribution in [0.3, 0.4) is 0 Å². The van der Waals surface area contributed by atoms with E-state index in [9.17, 15) is 9.18 Å². The molecule has 2 aromatic rings. The summed E-state index contributed by atoms with van der Waals surface area (Å²) < 4.78 is 13.8. The lowest BCUT2D eigenvalue weighted by Gasteiger charge is -2.24. The van der Waals surface area contributed by atoms with Crippen LogP contribution in [0.15, 0.2) is 42.6 Å². The summed E-state index contributed by atoms with van der Waals surface area (Å²) in [7, 11) is 0. The Balaban J connectivity index is 0.00000156. The maximum absolute atomic E-state index is 13.8. The van der Waals surface area contributed by atoms with Crippen molar-refractivity contribution < 1.29 is 9.18 Å². The molecule has 0 aliphatic carbocycles. The number of aromatic nitrogens is 1. The van der Waals surface area contributed by atoms with Crippen molar-refractivity contribution in [2.24, 2.45) is 0 Å². The molecule has 0 unspecified atom stereocenters. The Kier molecular flexibility index (Phi) is 8.61. The fourth-order valence-corrected chi connectivity index (χ4v) is 2.61. The number of nitrogens with one attached hydrogen (secondary N) is 3. The number of piperidine rings is 1. The maximum Gasteiger partial charge on any atom is 0.255 e. The van der Waals surface area contributed by atoms with Crippen molar-refractivity contribution in [1.82, 2.24) is 15.6 Å². The molecule has 5 nitrogen and oxygen atoms in total. The minimum Gasteiger partial charge on any atom is -0.349 e. The Morgan fingerprint density at radius 2 is 1.84 bits per heavy atom. The molecule has 8 heteroatoms. The molecule has 1 saturated heterocycles. The van der Waals surface area contributed by atoms with Gasteiger partial charge in [0.1, 0.15) is 11.6 Å². The molecule has 1 aromatic carbocycles. The Morgan fingerprint density at radius 1 is 1.12 bits per heavy atom. The van der Waals surface area contributed by atoms with Crippen molar-refractivity contribution >= 4 is 42.2 Å². The number of hydrogen-bond donors (Lipinski definition) is 3. The number of benzene rings is 1. The predicted octanol–water partition coefficient (Wildman–Crippen LogP) is 3.29. The van der Waals surface area contributed by atoms with Crippen LogP contribution in [-0.2, 0) is 0 Å². The molecule has 0 bridgehead atoms. The number of nitrogens with zero attached hydrogens (tertiary/aromatic N) is 1. The van der Waals surface area contributed by atoms with Gasteiger partial charge in [0.25, 0.3) is 5.91 Å². The number of carbonyl (C=O) groups is 1. The fourth-order valence-electron chi connectivity index (χ4n) is 2.61. The van der Waals surface area contributed by atoms with Crippen molar-refractivity contribution in [2.45, 2.75) is 18.9 Å². The van der Waals surface area contributed by atoms with E-state index in [1.807, 2.05) is 0 Å². The highest BCUT2D eigenvalue weighted by molar-refractivity contribution is 5.99. The van der Waals surface area contributed by atoms with Gasteiger partial charge in [-0.25, -0.2) is 9.37 Å². The highest BCUT2D eigenvalue weighted by Crippen LogP contribution is 2.21. The number of carbonyl (C=O) groups excluding carboxylic acids is 1. The quantitative estimate of drug-likeness (QED) is 0.753. The topological polar surface area (TPSA) is 66.0 Å². The lowest BCUT2D eigenvalue weighted by Crippen LogP contribution is -2.42. The zero-order valence-corrected chi connectivity index (χ0v) is 15.1. The largest absolute Gasteiger partial charge is 0.349 e. The molecule has 1 fully saturated rings. The molecule has 136 valence electrons. The molecule has 0 atom stereocenters. The number of amides is 1. The first-order chi connectivity index (χ1) is 11.2. The first kappa shape index (κ1) is 21.2. The van der Waals surface area contributed by atoms with Gasteiger partial charge in [-0.3, -0.25) is 4.79 Å². The molecule has 1 aliphatic rings. The molecular formula is C17H21Cl2FN4O. The van der Waals surface area contributed by atoms with Gasteiger partial charge < -0.3 is 16.0 Å². The van der Waals surface area contributed by atoms with E-state index in [4.69, 9.17) is 0 Å². The molecule has 0 spiro atoms. The van der Waals surface area contributed by atoms with E-state index in [2.05, 4.69) is 20.9 Å². The van der Waals surface area contributed by atoms with E-state index in [1.165, 1.54) is 6.07 Å². The van der Waals surface area contributed by atoms with E-state index in [0.29, 0.717) is 17.1 Å². The lowest BCUT2D eigenvalue weighted by atomic mass is 10.1. The van der Waals surface area contributed by atoms with Crippen LogP contribution in [0.4, 0.5) is 15.9 Å². The average Bonchev–Trinajstić information content (AvgIpc) is 2.58. The highest BCUT2D eigenvalue weighted by atomic mass is 35.5. The van der Waals surface area contributed by atoms with Crippen molar-refractivity contribution in [3.63, 3.8) is 0 Å². The van der Waals surface area contributed by atoms with Crippen LogP contribution in [0.1, 0.15) is 23.2 Å². The van der Waals surface area contributed by atoms with Crippen LogP contribution in [0.2, 0.25) is 0 Å². The molecule has 3 N–H and O–H groups in total. The first-order valence-electron chi connectivity index (χ1n) is 7.72. The van der Waals surface area contributed by atoms with Crippen molar-refractivity contribution in [3.8, 4) is 0 Å². The summed E-state index contributed by atoms with van der Waals surface area (Å²) in [5, 5.41) is 9.18. The van der Waals surface area contributed by atoms with Gasteiger partial charge in [0, 0.05) is 12.2 Å². The second kappa shape index (κ2) is 10.2. The van der Waals surface area contributed by atoms with Crippen molar-refractivity contribution in [1.29, 1.82) is 0 Å². The third-order valence-electron chi connectivity index (χ3n) is 3.85. The summed E-state index contributed by atoms with van der Waals surface area (Å²) in [5.41, 5.74) is 0.705. The Morgan fingerprint density at radius 3 is 2.56 bits per heavy atom. The zero-order chi connectivity index (χ0) is 16.1. The Hall–Kier alpha value is -1.89. The van der Waals surface area contributed by atoms with Gasteiger partial charge in [0.05, 0.1) is 11.3 Å². The van der Waals surface area contributed by atoms with Gasteiger partial charge >= 0.3 is 0 Å². The third kappa shape index (κ3) is 5.56. The number of anilines is 2. The van der Waals surface area contributed by atoms with E-state index < -0.39 is 0 Å². The number of halogens is 3. The molecular weight excluding hydrogens is 366 g/mol. The summed E-state index contributed by atoms with van der Waals surface area (Å²) in [4.78, 5) is 16.7. The van der Waals surface area contributed by atoms with Crippen molar-refractivity contribution in [3.05, 3.63) is 54.0 Å². The smallest absolute Gasteiger partial charge is 0.255 e. The highest BCUT2D eigenvalue weighted by Gasteiger charge is 2.19. The lowest BCUT2D eigenvalue weighted by molar-refractivity contribution is 0.0930. The van der Waals surface area contributed by atoms with Crippen LogP contribution in [-0.4, -0.2) is 30.0 Å². The molecule has 2 heterocycles. The van der Waals surface area contributed by atoms with E-state index in [-0.39, 0.29) is 42.6 Å². The molecule has 1 amide bonds. The molecule has 0 saturated carbocycles. The standard InChI is InChI=1S/C17H19FN4O.2ClH/c18-14-5-1-2-6-15(14)22-16-13(4-3-9-20-16)17(23)21-12-7-10-19-11-8-12;;/h1-6,9,12,19H,7-8,10-11H2,(H,20,22)(H,21,23);2*1H. The minimum absolute atomic E-state index is 0. The molecule has 25 heavy (non-hydrogen) atoms. The third-order valence-corrected chi connectivity index (χ3v) is 3.85. The van der Waals surface area contributed by atoms with Gasteiger partial charge in [-0.05, 0) is 50.2 Å². The SMILES string of the molecule is Cl.Cl.O=C(NC1CCNCC1)c1cccnc1Nc1ccccc1F. The Bertz CT molecular complexity index is 696. The second-order valence-electron chi connectivity index (χ2n) is 5.50. The van der Waals surface area contributed by atoms with E-state index in [0.717, 1.165) is 25.9 Å². The monoisotopic (exact) mass is 386 g/mol. The summed E-state index contributed by atoms with van der Waals surface area (Å²) in [6.07, 6.45) is 3.38. The van der Waals surface area contributed by atoms with E-state index >= 15 is 0 Å². The molecule has 0 radical (unpaired) electrons. The van der Waals surface area contributed by atoms with Gasteiger partial charge in [0.15, 0.2) is 0 Å². The summed E-state index contributed by atoms with van der Waals surface area (Å²) in [5.74, 6) is -0.226. The molecule has 1 aliphatic heterocycles. The second-order valence-corrected chi connectivity index (χ2v) is 5.50. The molecule has 1 aromatic heterocycles. The van der Waals surface area contributed by atoms with Gasteiger partial charge in [0.2, 0.25) is 0 Å². The predicted molar refractivity (Wildman–Crippen MR) is 102 cm³/mol. The summed E-state index contributed by atoms with van der Waals surface area (Å²) in [6.45, 7) is 1.80. The normalized spacial score (nSPS) is 14.0. The minimum atomic E-state index is -0.386. The average molecular weight is 387 g/mol. The zero-order valence-electron chi connectivity index (χ0n) is 13.5. The number of hydrogen-bond acceptors (Lipinski definition) is 4. The van der Waals surface area contributed by atoms with Crippen LogP contribution < -0.4 is 16.0 Å². The Labute approximate surface area is 158 Å². The number of para-hydroxylation sites is 1. The molecule has 3 rings (SSSR count). The first-order valence-corrected chi connectivity index (χ1v) is 7.72. The van der Waals surface area contributed by atoms with Crippen LogP contribution in [0, 0.1) is 5.82 Å². The van der Waals surface area contributed by atoms with Gasteiger partial charge in [-0.2, -0.15) is 0 Å². The number of pyridine rings is 1. The summed E-state index contributed by atoms with van der Waals surface area (Å²) in [6, 6.07) is 9.85. The summed E-state index contributed by atoms with van der Waals surface area (Å²) >= 11 is 0.